The topological polar surface area (TPSA) is 77.5 Å². The molecule has 1 saturated heterocycles. The maximum Gasteiger partial charge on any atom is 0.319 e. The van der Waals surface area contributed by atoms with Gasteiger partial charge in [-0.1, -0.05) is 6.42 Å². The van der Waals surface area contributed by atoms with Gasteiger partial charge in [-0.15, -0.1) is 0 Å². The predicted molar refractivity (Wildman–Crippen MR) is 69.3 cm³/mol. The molecule has 2 rings (SSSR count). The lowest BCUT2D eigenvalue weighted by molar-refractivity contribution is -0.166. The summed E-state index contributed by atoms with van der Waals surface area (Å²) in [6, 6.07) is 0. The van der Waals surface area contributed by atoms with Crippen molar-refractivity contribution in [2.45, 2.75) is 39.0 Å². The third-order valence-corrected chi connectivity index (χ3v) is 6.06. The summed E-state index contributed by atoms with van der Waals surface area (Å²) in [7, 11) is -3.11. The Morgan fingerprint density at radius 1 is 1.42 bits per heavy atom. The summed E-state index contributed by atoms with van der Waals surface area (Å²) in [5.74, 6) is -1.02. The Kier molecular flexibility index (Phi) is 3.99. The predicted octanol–water partition coefficient (Wildman–Crippen LogP) is 1.11. The van der Waals surface area contributed by atoms with Crippen molar-refractivity contribution in [2.75, 3.05) is 18.1 Å². The highest BCUT2D eigenvalue weighted by Gasteiger charge is 2.56. The van der Waals surface area contributed by atoms with Gasteiger partial charge in [-0.25, -0.2) is 8.42 Å². The lowest BCUT2D eigenvalue weighted by Crippen LogP contribution is -2.49. The monoisotopic (exact) mass is 288 g/mol. The highest BCUT2D eigenvalue weighted by molar-refractivity contribution is 7.91. The van der Waals surface area contributed by atoms with Crippen molar-refractivity contribution in [3.63, 3.8) is 0 Å². The van der Waals surface area contributed by atoms with Crippen LogP contribution in [0.25, 0.3) is 0 Å². The summed E-state index contributed by atoms with van der Waals surface area (Å²) >= 11 is 0. The van der Waals surface area contributed by atoms with Crippen LogP contribution in [0.15, 0.2) is 0 Å². The fraction of sp³-hybridized carbons (Fsp3) is 0.846. The molecule has 0 amide bonds. The molecule has 0 radical (unpaired) electrons. The fourth-order valence-corrected chi connectivity index (χ4v) is 5.18. The maximum atomic E-state index is 12.3. The lowest BCUT2D eigenvalue weighted by atomic mass is 9.64. The molecule has 2 unspecified atom stereocenters. The average Bonchev–Trinajstić information content (AvgIpc) is 2.71. The van der Waals surface area contributed by atoms with Crippen LogP contribution in [0.1, 0.15) is 39.0 Å². The first-order chi connectivity index (χ1) is 8.92. The van der Waals surface area contributed by atoms with Gasteiger partial charge in [-0.3, -0.25) is 9.59 Å². The molecule has 0 bridgehead atoms. The second kappa shape index (κ2) is 5.23. The number of esters is 1. The second-order valence-corrected chi connectivity index (χ2v) is 7.65. The molecule has 1 aliphatic heterocycles. The zero-order valence-electron chi connectivity index (χ0n) is 11.2. The first-order valence-corrected chi connectivity index (χ1v) is 8.65. The van der Waals surface area contributed by atoms with Gasteiger partial charge in [0.1, 0.15) is 5.41 Å². The van der Waals surface area contributed by atoms with E-state index in [0.29, 0.717) is 19.3 Å². The van der Waals surface area contributed by atoms with Crippen molar-refractivity contribution in [1.82, 2.24) is 0 Å². The van der Waals surface area contributed by atoms with E-state index in [1.165, 1.54) is 0 Å². The van der Waals surface area contributed by atoms with Gasteiger partial charge < -0.3 is 4.74 Å². The molecule has 2 atom stereocenters. The van der Waals surface area contributed by atoms with Gasteiger partial charge in [0.25, 0.3) is 0 Å². The molecule has 1 heterocycles. The molecule has 0 spiro atoms. The molecule has 1 saturated carbocycles. The third kappa shape index (κ3) is 2.55. The minimum atomic E-state index is -3.11. The normalized spacial score (nSPS) is 34.2. The molecule has 2 fully saturated rings. The molecule has 19 heavy (non-hydrogen) atoms. The van der Waals surface area contributed by atoms with Crippen LogP contribution in [-0.2, 0) is 24.2 Å². The first-order valence-electron chi connectivity index (χ1n) is 6.83. The van der Waals surface area contributed by atoms with E-state index in [9.17, 15) is 18.0 Å². The van der Waals surface area contributed by atoms with Crippen molar-refractivity contribution >= 4 is 21.6 Å². The number of Topliss-reactive ketones (excluding diaryl/α,β-unsaturated/α-hetero) is 1. The smallest absolute Gasteiger partial charge is 0.319 e. The van der Waals surface area contributed by atoms with Gasteiger partial charge in [0, 0.05) is 6.42 Å². The minimum absolute atomic E-state index is 0.0580. The Balaban J connectivity index is 2.34. The Morgan fingerprint density at radius 2 is 2.16 bits per heavy atom. The van der Waals surface area contributed by atoms with Crippen LogP contribution in [0.5, 0.6) is 0 Å². The van der Waals surface area contributed by atoms with E-state index in [4.69, 9.17) is 4.74 Å². The fourth-order valence-electron chi connectivity index (χ4n) is 3.31. The van der Waals surface area contributed by atoms with E-state index >= 15 is 0 Å². The molecule has 2 aliphatic rings. The van der Waals surface area contributed by atoms with Crippen molar-refractivity contribution in [3.05, 3.63) is 0 Å². The molecule has 6 heteroatoms. The number of hydrogen-bond acceptors (Lipinski definition) is 5. The van der Waals surface area contributed by atoms with Crippen molar-refractivity contribution in [3.8, 4) is 0 Å². The molecule has 0 aromatic carbocycles. The number of ketones is 1. The Morgan fingerprint density at radius 3 is 2.68 bits per heavy atom. The minimum Gasteiger partial charge on any atom is -0.465 e. The number of carbonyl (C=O) groups excluding carboxylic acids is 2. The summed E-state index contributed by atoms with van der Waals surface area (Å²) < 4.78 is 28.4. The second-order valence-electron chi connectivity index (χ2n) is 5.42. The number of sulfone groups is 1. The van der Waals surface area contributed by atoms with E-state index in [1.54, 1.807) is 6.92 Å². The van der Waals surface area contributed by atoms with E-state index in [1.807, 2.05) is 0 Å². The lowest BCUT2D eigenvalue weighted by Gasteiger charge is -2.37. The number of ether oxygens (including phenoxy) is 1. The van der Waals surface area contributed by atoms with E-state index in [0.717, 1.165) is 12.8 Å². The highest BCUT2D eigenvalue weighted by Crippen LogP contribution is 2.45. The van der Waals surface area contributed by atoms with Gasteiger partial charge in [-0.05, 0) is 32.1 Å². The van der Waals surface area contributed by atoms with Gasteiger partial charge >= 0.3 is 5.97 Å². The van der Waals surface area contributed by atoms with Gasteiger partial charge in [0.05, 0.1) is 18.1 Å². The van der Waals surface area contributed by atoms with Crippen molar-refractivity contribution < 1.29 is 22.7 Å². The van der Waals surface area contributed by atoms with E-state index in [-0.39, 0.29) is 23.9 Å². The van der Waals surface area contributed by atoms with E-state index in [2.05, 4.69) is 0 Å². The summed E-state index contributed by atoms with van der Waals surface area (Å²) in [5.41, 5.74) is -1.20. The molecular formula is C13H20O5S. The van der Waals surface area contributed by atoms with Gasteiger partial charge in [-0.2, -0.15) is 0 Å². The summed E-state index contributed by atoms with van der Waals surface area (Å²) in [4.78, 5) is 24.6. The van der Waals surface area contributed by atoms with Crippen LogP contribution in [-0.4, -0.2) is 38.3 Å². The molecular weight excluding hydrogens is 268 g/mol. The number of hydrogen-bond donors (Lipinski definition) is 0. The van der Waals surface area contributed by atoms with E-state index < -0.39 is 27.1 Å². The average molecular weight is 288 g/mol. The number of carbonyl (C=O) groups is 2. The number of rotatable bonds is 3. The largest absolute Gasteiger partial charge is 0.465 e. The van der Waals surface area contributed by atoms with Crippen LogP contribution < -0.4 is 0 Å². The van der Waals surface area contributed by atoms with Crippen LogP contribution in [0.2, 0.25) is 0 Å². The molecule has 0 aromatic heterocycles. The zero-order chi connectivity index (χ0) is 14.1. The SMILES string of the molecule is CCOC(=O)C1(C2CCS(=O)(=O)C2)CCCCC1=O. The van der Waals surface area contributed by atoms with Gasteiger partial charge in [0.2, 0.25) is 0 Å². The van der Waals surface area contributed by atoms with Gasteiger partial charge in [0.15, 0.2) is 15.6 Å². The quantitative estimate of drug-likeness (QED) is 0.574. The molecule has 108 valence electrons. The zero-order valence-corrected chi connectivity index (χ0v) is 12.0. The third-order valence-electron chi connectivity index (χ3n) is 4.29. The highest BCUT2D eigenvalue weighted by atomic mass is 32.2. The Hall–Kier alpha value is -0.910. The molecule has 0 N–H and O–H groups in total. The Labute approximate surface area is 113 Å². The molecule has 0 aromatic rings. The van der Waals surface area contributed by atoms with Crippen molar-refractivity contribution in [1.29, 1.82) is 0 Å². The Bertz CT molecular complexity index is 481. The van der Waals surface area contributed by atoms with Crippen LogP contribution >= 0.6 is 0 Å². The summed E-state index contributed by atoms with van der Waals surface area (Å²) in [5, 5.41) is 0. The van der Waals surface area contributed by atoms with Crippen LogP contribution in [0.4, 0.5) is 0 Å². The standard InChI is InChI=1S/C13H20O5S/c1-2-18-12(15)13(7-4-3-5-11(13)14)10-6-8-19(16,17)9-10/h10H,2-9H2,1H3. The van der Waals surface area contributed by atoms with Crippen molar-refractivity contribution in [2.24, 2.45) is 11.3 Å². The molecule has 1 aliphatic carbocycles. The molecule has 5 nitrogen and oxygen atoms in total. The first kappa shape index (κ1) is 14.5. The van der Waals surface area contributed by atoms with Crippen LogP contribution in [0, 0.1) is 11.3 Å². The summed E-state index contributed by atoms with van der Waals surface area (Å²) in [6.07, 6.45) is 2.74. The maximum absolute atomic E-state index is 12.3. The van der Waals surface area contributed by atoms with Crippen LogP contribution in [0.3, 0.4) is 0 Å². The summed E-state index contributed by atoms with van der Waals surface area (Å²) in [6.45, 7) is 1.91.